The van der Waals surface area contributed by atoms with Crippen molar-refractivity contribution in [3.8, 4) is 17.0 Å². The Bertz CT molecular complexity index is 599. The minimum absolute atomic E-state index is 0.119. The summed E-state index contributed by atoms with van der Waals surface area (Å²) < 4.78 is 18.2. The van der Waals surface area contributed by atoms with E-state index in [1.54, 1.807) is 18.2 Å². The fourth-order valence-electron chi connectivity index (χ4n) is 1.59. The fraction of sp³-hybridized carbons (Fsp3) is 0.0769. The van der Waals surface area contributed by atoms with E-state index in [0.29, 0.717) is 11.1 Å². The van der Waals surface area contributed by atoms with Crippen LogP contribution in [0, 0.1) is 5.82 Å². The number of hydrogen-bond donors (Lipinski definition) is 1. The van der Waals surface area contributed by atoms with Crippen LogP contribution in [0.4, 0.5) is 4.39 Å². The van der Waals surface area contributed by atoms with E-state index in [1.807, 2.05) is 0 Å². The molecule has 0 fully saturated rings. The number of carboxylic acid groups (broad SMARTS) is 1. The summed E-state index contributed by atoms with van der Waals surface area (Å²) in [5.41, 5.74) is 1.00. The standard InChI is InChI=1S/C13H10FNO3/c1-18-12-10(5-6-11(15-12)13(16)17)8-3-2-4-9(14)7-8/h2-7H,1H3,(H,16,17). The first kappa shape index (κ1) is 12.0. The summed E-state index contributed by atoms with van der Waals surface area (Å²) in [5, 5.41) is 8.83. The first-order valence-electron chi connectivity index (χ1n) is 5.16. The van der Waals surface area contributed by atoms with E-state index >= 15 is 0 Å². The molecule has 0 amide bonds. The van der Waals surface area contributed by atoms with E-state index in [-0.39, 0.29) is 17.4 Å². The van der Waals surface area contributed by atoms with Crippen LogP contribution in [0.5, 0.6) is 5.88 Å². The lowest BCUT2D eigenvalue weighted by molar-refractivity contribution is 0.0689. The van der Waals surface area contributed by atoms with Crippen molar-refractivity contribution in [1.29, 1.82) is 0 Å². The molecule has 1 heterocycles. The van der Waals surface area contributed by atoms with Crippen LogP contribution in [0.1, 0.15) is 10.5 Å². The first-order chi connectivity index (χ1) is 8.61. The van der Waals surface area contributed by atoms with Crippen molar-refractivity contribution < 1.29 is 19.0 Å². The van der Waals surface area contributed by atoms with Crippen molar-refractivity contribution in [2.24, 2.45) is 0 Å². The van der Waals surface area contributed by atoms with Gasteiger partial charge in [0, 0.05) is 5.56 Å². The van der Waals surface area contributed by atoms with Gasteiger partial charge in [-0.1, -0.05) is 12.1 Å². The van der Waals surface area contributed by atoms with E-state index in [1.165, 1.54) is 25.3 Å². The van der Waals surface area contributed by atoms with Gasteiger partial charge in [0.15, 0.2) is 5.69 Å². The Hall–Kier alpha value is -2.43. The van der Waals surface area contributed by atoms with Gasteiger partial charge in [0.2, 0.25) is 5.88 Å². The van der Waals surface area contributed by atoms with Crippen LogP contribution in [0.25, 0.3) is 11.1 Å². The highest BCUT2D eigenvalue weighted by Crippen LogP contribution is 2.28. The van der Waals surface area contributed by atoms with E-state index in [4.69, 9.17) is 9.84 Å². The van der Waals surface area contributed by atoms with Crippen LogP contribution in [-0.2, 0) is 0 Å². The van der Waals surface area contributed by atoms with Crippen LogP contribution < -0.4 is 4.74 Å². The molecule has 0 aliphatic carbocycles. The molecule has 2 rings (SSSR count). The molecular weight excluding hydrogens is 237 g/mol. The highest BCUT2D eigenvalue weighted by molar-refractivity contribution is 5.86. The van der Waals surface area contributed by atoms with Crippen LogP contribution >= 0.6 is 0 Å². The maximum absolute atomic E-state index is 13.1. The summed E-state index contributed by atoms with van der Waals surface area (Å²) in [6, 6.07) is 8.82. The molecule has 18 heavy (non-hydrogen) atoms. The van der Waals surface area contributed by atoms with Crippen molar-refractivity contribution in [2.75, 3.05) is 7.11 Å². The summed E-state index contributed by atoms with van der Waals surface area (Å²) in [7, 11) is 1.39. The normalized spacial score (nSPS) is 10.1. The van der Waals surface area contributed by atoms with Gasteiger partial charge in [0.05, 0.1) is 7.11 Å². The van der Waals surface area contributed by atoms with Gasteiger partial charge in [0.25, 0.3) is 0 Å². The van der Waals surface area contributed by atoms with Crippen molar-refractivity contribution in [1.82, 2.24) is 4.98 Å². The lowest BCUT2D eigenvalue weighted by Crippen LogP contribution is -2.02. The molecule has 0 atom stereocenters. The van der Waals surface area contributed by atoms with Gasteiger partial charge in [-0.2, -0.15) is 0 Å². The third-order valence-electron chi connectivity index (χ3n) is 2.41. The van der Waals surface area contributed by atoms with Crippen molar-refractivity contribution in [3.63, 3.8) is 0 Å². The zero-order chi connectivity index (χ0) is 13.1. The molecule has 1 aromatic heterocycles. The number of aromatic nitrogens is 1. The number of aromatic carboxylic acids is 1. The molecule has 0 unspecified atom stereocenters. The molecule has 4 nitrogen and oxygen atoms in total. The molecule has 0 aliphatic heterocycles. The number of ether oxygens (including phenoxy) is 1. The lowest BCUT2D eigenvalue weighted by atomic mass is 10.1. The highest BCUT2D eigenvalue weighted by Gasteiger charge is 2.12. The number of carboxylic acids is 1. The average Bonchev–Trinajstić information content (AvgIpc) is 2.37. The zero-order valence-electron chi connectivity index (χ0n) is 9.55. The first-order valence-corrected chi connectivity index (χ1v) is 5.16. The van der Waals surface area contributed by atoms with Crippen LogP contribution in [0.3, 0.4) is 0 Å². The molecule has 1 aromatic carbocycles. The summed E-state index contributed by atoms with van der Waals surface area (Å²) in [6.07, 6.45) is 0. The summed E-state index contributed by atoms with van der Waals surface area (Å²) in [6.45, 7) is 0. The minimum Gasteiger partial charge on any atom is -0.481 e. The maximum atomic E-state index is 13.1. The number of methoxy groups -OCH3 is 1. The topological polar surface area (TPSA) is 59.4 Å². The molecule has 1 N–H and O–H groups in total. The number of halogens is 1. The van der Waals surface area contributed by atoms with Gasteiger partial charge in [0.1, 0.15) is 5.82 Å². The smallest absolute Gasteiger partial charge is 0.354 e. The second-order valence-electron chi connectivity index (χ2n) is 3.57. The maximum Gasteiger partial charge on any atom is 0.354 e. The van der Waals surface area contributed by atoms with Crippen LogP contribution in [-0.4, -0.2) is 23.2 Å². The van der Waals surface area contributed by atoms with Gasteiger partial charge in [-0.05, 0) is 29.8 Å². The monoisotopic (exact) mass is 247 g/mol. The van der Waals surface area contributed by atoms with Gasteiger partial charge in [-0.15, -0.1) is 0 Å². The molecular formula is C13H10FNO3. The Morgan fingerprint density at radius 3 is 2.72 bits per heavy atom. The van der Waals surface area contributed by atoms with Crippen molar-refractivity contribution in [3.05, 3.63) is 47.9 Å². The van der Waals surface area contributed by atoms with Crippen molar-refractivity contribution in [2.45, 2.75) is 0 Å². The van der Waals surface area contributed by atoms with Crippen LogP contribution in [0.2, 0.25) is 0 Å². The second kappa shape index (κ2) is 4.83. The summed E-state index contributed by atoms with van der Waals surface area (Å²) >= 11 is 0. The Labute approximate surface area is 103 Å². The Balaban J connectivity index is 2.54. The third-order valence-corrected chi connectivity index (χ3v) is 2.41. The average molecular weight is 247 g/mol. The largest absolute Gasteiger partial charge is 0.481 e. The highest BCUT2D eigenvalue weighted by atomic mass is 19.1. The second-order valence-corrected chi connectivity index (χ2v) is 3.57. The molecule has 0 saturated carbocycles. The quantitative estimate of drug-likeness (QED) is 0.905. The molecule has 0 aliphatic rings. The minimum atomic E-state index is -1.14. The van der Waals surface area contributed by atoms with Crippen molar-refractivity contribution >= 4 is 5.97 Å². The number of rotatable bonds is 3. The molecule has 0 radical (unpaired) electrons. The van der Waals surface area contributed by atoms with Crippen LogP contribution in [0.15, 0.2) is 36.4 Å². The number of hydrogen-bond acceptors (Lipinski definition) is 3. The summed E-state index contributed by atoms with van der Waals surface area (Å²) in [5.74, 6) is -1.36. The molecule has 0 bridgehead atoms. The SMILES string of the molecule is COc1nc(C(=O)O)ccc1-c1cccc(F)c1. The zero-order valence-corrected chi connectivity index (χ0v) is 9.55. The number of carbonyl (C=O) groups is 1. The van der Waals surface area contributed by atoms with E-state index < -0.39 is 5.97 Å². The molecule has 2 aromatic rings. The Morgan fingerprint density at radius 2 is 2.11 bits per heavy atom. The molecule has 0 saturated heterocycles. The van der Waals surface area contributed by atoms with Gasteiger partial charge < -0.3 is 9.84 Å². The Kier molecular flexibility index (Phi) is 3.23. The number of benzene rings is 1. The fourth-order valence-corrected chi connectivity index (χ4v) is 1.59. The number of pyridine rings is 1. The van der Waals surface area contributed by atoms with E-state index in [0.717, 1.165) is 0 Å². The van der Waals surface area contributed by atoms with Gasteiger partial charge in [-0.25, -0.2) is 14.2 Å². The van der Waals surface area contributed by atoms with E-state index in [2.05, 4.69) is 4.98 Å². The number of nitrogens with zero attached hydrogens (tertiary/aromatic N) is 1. The van der Waals surface area contributed by atoms with Gasteiger partial charge in [-0.3, -0.25) is 0 Å². The molecule has 92 valence electrons. The van der Waals surface area contributed by atoms with Gasteiger partial charge >= 0.3 is 5.97 Å². The summed E-state index contributed by atoms with van der Waals surface area (Å²) in [4.78, 5) is 14.6. The molecule has 0 spiro atoms. The third kappa shape index (κ3) is 2.29. The predicted octanol–water partition coefficient (Wildman–Crippen LogP) is 2.59. The van der Waals surface area contributed by atoms with E-state index in [9.17, 15) is 9.18 Å². The lowest BCUT2D eigenvalue weighted by Gasteiger charge is -2.08. The molecule has 5 heteroatoms. The Morgan fingerprint density at radius 1 is 1.33 bits per heavy atom. The predicted molar refractivity (Wildman–Crippen MR) is 63.1 cm³/mol.